The topological polar surface area (TPSA) is 23.5 Å². The molecular weight excluding hydrogens is 329 g/mol. The first-order chi connectivity index (χ1) is 13.4. The zero-order valence-electron chi connectivity index (χ0n) is 18.0. The van der Waals surface area contributed by atoms with Gasteiger partial charge < -0.3 is 9.83 Å². The Morgan fingerprint density at radius 2 is 1.04 bits per heavy atom. The minimum atomic E-state index is 0.114. The Bertz CT molecular complexity index is 412. The maximum atomic E-state index is 9.53. The van der Waals surface area contributed by atoms with E-state index >= 15 is 0 Å². The van der Waals surface area contributed by atoms with E-state index in [9.17, 15) is 5.02 Å². The average Bonchev–Trinajstić information content (AvgIpc) is 2.71. The highest BCUT2D eigenvalue weighted by molar-refractivity contribution is 6.32. The van der Waals surface area contributed by atoms with Gasteiger partial charge in [0.1, 0.15) is 0 Å². The Morgan fingerprint density at radius 3 is 1.44 bits per heavy atom. The molecule has 0 aliphatic carbocycles. The van der Waals surface area contributed by atoms with Crippen LogP contribution >= 0.6 is 0 Å². The summed E-state index contributed by atoms with van der Waals surface area (Å²) in [7, 11) is 0.114. The predicted octanol–water partition coefficient (Wildman–Crippen LogP) is 7.01. The summed E-state index contributed by atoms with van der Waals surface area (Å²) in [6, 6.07) is 10.2. The van der Waals surface area contributed by atoms with Crippen LogP contribution in [0.25, 0.3) is 0 Å². The van der Waals surface area contributed by atoms with Crippen molar-refractivity contribution in [3.05, 3.63) is 30.3 Å². The van der Waals surface area contributed by atoms with Crippen LogP contribution < -0.4 is 4.81 Å². The molecule has 0 radical (unpaired) electrons. The highest BCUT2D eigenvalue weighted by Gasteiger charge is 2.05. The molecule has 0 aromatic heterocycles. The fraction of sp³-hybridized carbons (Fsp3) is 0.750. The number of para-hydroxylation sites is 1. The summed E-state index contributed by atoms with van der Waals surface area (Å²) in [6.45, 7) is 3.25. The van der Waals surface area contributed by atoms with Crippen molar-refractivity contribution < 1.29 is 5.02 Å². The molecule has 0 aliphatic rings. The van der Waals surface area contributed by atoms with Gasteiger partial charge in [0, 0.05) is 12.2 Å². The number of anilines is 1. The third-order valence-corrected chi connectivity index (χ3v) is 5.57. The first-order valence-electron chi connectivity index (χ1n) is 11.8. The van der Waals surface area contributed by atoms with E-state index in [4.69, 9.17) is 0 Å². The molecule has 1 N–H and O–H groups in total. The van der Waals surface area contributed by atoms with Crippen molar-refractivity contribution >= 4 is 13.3 Å². The summed E-state index contributed by atoms with van der Waals surface area (Å²) in [4.78, 5) is 2.06. The van der Waals surface area contributed by atoms with E-state index in [1.54, 1.807) is 0 Å². The smallest absolute Gasteiger partial charge is 0.394 e. The second-order valence-corrected chi connectivity index (χ2v) is 8.04. The molecule has 0 heterocycles. The molecule has 0 atom stereocenters. The van der Waals surface area contributed by atoms with E-state index < -0.39 is 0 Å². The summed E-state index contributed by atoms with van der Waals surface area (Å²) in [6.07, 6.45) is 22.4. The lowest BCUT2D eigenvalue weighted by Crippen LogP contribution is -2.28. The molecule has 1 rings (SSSR count). The van der Waals surface area contributed by atoms with Crippen LogP contribution in [0.2, 0.25) is 0 Å². The molecule has 1 aromatic carbocycles. The van der Waals surface area contributed by atoms with Crippen molar-refractivity contribution in [2.45, 2.75) is 110 Å². The molecule has 0 bridgehead atoms. The highest BCUT2D eigenvalue weighted by Crippen LogP contribution is 2.15. The molecule has 27 heavy (non-hydrogen) atoms. The quantitative estimate of drug-likeness (QED) is 0.208. The molecule has 0 amide bonds. The van der Waals surface area contributed by atoms with Crippen molar-refractivity contribution in [2.75, 3.05) is 11.4 Å². The van der Waals surface area contributed by atoms with Crippen molar-refractivity contribution in [1.29, 1.82) is 0 Å². The molecule has 0 fully saturated rings. The third-order valence-electron chi connectivity index (χ3n) is 5.57. The van der Waals surface area contributed by atoms with Crippen LogP contribution in [-0.2, 0) is 0 Å². The second kappa shape index (κ2) is 18.4. The highest BCUT2D eigenvalue weighted by atomic mass is 16.2. The van der Waals surface area contributed by atoms with E-state index in [1.807, 2.05) is 18.2 Å². The van der Waals surface area contributed by atoms with E-state index in [-0.39, 0.29) is 7.62 Å². The van der Waals surface area contributed by atoms with Gasteiger partial charge in [-0.05, 0) is 18.6 Å². The van der Waals surface area contributed by atoms with Crippen molar-refractivity contribution in [1.82, 2.24) is 0 Å². The minimum Gasteiger partial charge on any atom is -0.435 e. The standard InChI is InChI=1S/C24H44BNO/c1-2-3-4-5-6-7-8-9-10-11-12-13-14-15-16-20-23-26(25-27)24-21-18-17-19-22-24/h17-19,21-22,25,27H,2-16,20,23H2,1H3. The van der Waals surface area contributed by atoms with Crippen LogP contribution in [-0.4, -0.2) is 19.2 Å². The second-order valence-electron chi connectivity index (χ2n) is 8.04. The lowest BCUT2D eigenvalue weighted by molar-refractivity contribution is 0.529. The van der Waals surface area contributed by atoms with Crippen LogP contribution in [0.4, 0.5) is 5.69 Å². The SMILES string of the molecule is CCCCCCCCCCCCCCCCCCN(BO)c1ccccc1. The molecule has 0 aliphatic heterocycles. The van der Waals surface area contributed by atoms with Gasteiger partial charge in [-0.2, -0.15) is 0 Å². The molecule has 1 aromatic rings. The molecule has 0 unspecified atom stereocenters. The average molecular weight is 373 g/mol. The van der Waals surface area contributed by atoms with Gasteiger partial charge in [-0.25, -0.2) is 0 Å². The third kappa shape index (κ3) is 13.8. The first kappa shape index (κ1) is 24.1. The van der Waals surface area contributed by atoms with Crippen LogP contribution in [0, 0.1) is 0 Å². The first-order valence-corrected chi connectivity index (χ1v) is 11.8. The predicted molar refractivity (Wildman–Crippen MR) is 123 cm³/mol. The van der Waals surface area contributed by atoms with Gasteiger partial charge in [0.25, 0.3) is 0 Å². The Labute approximate surface area is 170 Å². The van der Waals surface area contributed by atoms with Crippen LogP contribution in [0.1, 0.15) is 110 Å². The molecule has 0 spiro atoms. The minimum absolute atomic E-state index is 0.114. The van der Waals surface area contributed by atoms with Crippen molar-refractivity contribution in [2.24, 2.45) is 0 Å². The Kier molecular flexibility index (Phi) is 16.4. The number of hydrogen-bond acceptors (Lipinski definition) is 2. The number of benzene rings is 1. The molecular formula is C24H44BNO. The molecule has 3 heteroatoms. The summed E-state index contributed by atoms with van der Waals surface area (Å²) in [5.41, 5.74) is 1.13. The number of unbranched alkanes of at least 4 members (excludes halogenated alkanes) is 15. The van der Waals surface area contributed by atoms with Gasteiger partial charge in [0.05, 0.1) is 0 Å². The van der Waals surface area contributed by atoms with Gasteiger partial charge in [-0.15, -0.1) is 0 Å². The zero-order chi connectivity index (χ0) is 19.4. The van der Waals surface area contributed by atoms with E-state index in [1.165, 1.54) is 103 Å². The largest absolute Gasteiger partial charge is 0.435 e. The number of nitrogens with zero attached hydrogens (tertiary/aromatic N) is 1. The fourth-order valence-electron chi connectivity index (χ4n) is 3.77. The van der Waals surface area contributed by atoms with Gasteiger partial charge in [0.15, 0.2) is 0 Å². The maximum Gasteiger partial charge on any atom is 0.394 e. The van der Waals surface area contributed by atoms with Gasteiger partial charge in [0.2, 0.25) is 0 Å². The maximum absolute atomic E-state index is 9.53. The van der Waals surface area contributed by atoms with Crippen LogP contribution in [0.3, 0.4) is 0 Å². The van der Waals surface area contributed by atoms with Crippen LogP contribution in [0.5, 0.6) is 0 Å². The molecule has 154 valence electrons. The number of hydrogen-bond donors (Lipinski definition) is 1. The van der Waals surface area contributed by atoms with E-state index in [0.29, 0.717) is 0 Å². The van der Waals surface area contributed by atoms with Crippen molar-refractivity contribution in [3.63, 3.8) is 0 Å². The Balaban J connectivity index is 1.81. The zero-order valence-corrected chi connectivity index (χ0v) is 18.0. The van der Waals surface area contributed by atoms with Crippen LogP contribution in [0.15, 0.2) is 30.3 Å². The summed E-state index contributed by atoms with van der Waals surface area (Å²) in [5.74, 6) is 0. The van der Waals surface area contributed by atoms with E-state index in [0.717, 1.165) is 12.2 Å². The Hall–Kier alpha value is -0.955. The number of rotatable bonds is 19. The lowest BCUT2D eigenvalue weighted by atomic mass is 10.0. The molecule has 0 saturated heterocycles. The normalized spacial score (nSPS) is 10.9. The summed E-state index contributed by atoms with van der Waals surface area (Å²) in [5, 5.41) is 9.53. The molecule has 2 nitrogen and oxygen atoms in total. The van der Waals surface area contributed by atoms with Gasteiger partial charge in [-0.3, -0.25) is 0 Å². The van der Waals surface area contributed by atoms with Gasteiger partial charge in [-0.1, -0.05) is 121 Å². The van der Waals surface area contributed by atoms with Crippen molar-refractivity contribution in [3.8, 4) is 0 Å². The molecule has 0 saturated carbocycles. The summed E-state index contributed by atoms with van der Waals surface area (Å²) >= 11 is 0. The summed E-state index contributed by atoms with van der Waals surface area (Å²) < 4.78 is 0. The Morgan fingerprint density at radius 1 is 0.630 bits per heavy atom. The fourth-order valence-corrected chi connectivity index (χ4v) is 3.77. The van der Waals surface area contributed by atoms with Gasteiger partial charge >= 0.3 is 7.62 Å². The lowest BCUT2D eigenvalue weighted by Gasteiger charge is -2.21. The van der Waals surface area contributed by atoms with E-state index in [2.05, 4.69) is 23.9 Å². The monoisotopic (exact) mass is 373 g/mol.